The largest absolute Gasteiger partial charge is 0.508 e. The number of hydrogen-bond donors (Lipinski definition) is 1. The predicted octanol–water partition coefficient (Wildman–Crippen LogP) is 2.65. The van der Waals surface area contributed by atoms with E-state index in [9.17, 15) is 14.7 Å². The topological polar surface area (TPSA) is 76.7 Å². The third-order valence-electron chi connectivity index (χ3n) is 3.06. The van der Waals surface area contributed by atoms with Gasteiger partial charge in [-0.3, -0.25) is 4.79 Å². The lowest BCUT2D eigenvalue weighted by Gasteiger charge is -2.09. The normalized spacial score (nSPS) is 10.7. The van der Waals surface area contributed by atoms with Crippen LogP contribution >= 0.6 is 0 Å². The number of phenolic OH excluding ortho intramolecular Hbond substituents is 1. The van der Waals surface area contributed by atoms with Crippen molar-refractivity contribution < 1.29 is 19.1 Å². The lowest BCUT2D eigenvalue weighted by molar-refractivity contribution is -0.144. The Morgan fingerprint density at radius 2 is 2.15 bits per heavy atom. The van der Waals surface area contributed by atoms with Gasteiger partial charge in [-0.25, -0.2) is 4.79 Å². The highest BCUT2D eigenvalue weighted by atomic mass is 16.5. The molecule has 0 aliphatic heterocycles. The third kappa shape index (κ3) is 2.82. The fourth-order valence-electron chi connectivity index (χ4n) is 1.97. The summed E-state index contributed by atoms with van der Waals surface area (Å²) in [6, 6.07) is 4.47. The van der Waals surface area contributed by atoms with Gasteiger partial charge in [-0.1, -0.05) is 6.92 Å². The molecule has 2 rings (SSSR count). The Hall–Kier alpha value is -2.30. The second-order valence-corrected chi connectivity index (χ2v) is 4.59. The van der Waals surface area contributed by atoms with Crippen molar-refractivity contribution in [1.29, 1.82) is 0 Å². The molecule has 1 aromatic heterocycles. The second-order valence-electron chi connectivity index (χ2n) is 4.59. The molecule has 1 heterocycles. The Bertz CT molecular complexity index is 699. The van der Waals surface area contributed by atoms with Crippen LogP contribution in [-0.2, 0) is 16.1 Å². The van der Waals surface area contributed by atoms with Crippen LogP contribution < -0.4 is 5.63 Å². The molecule has 0 amide bonds. The van der Waals surface area contributed by atoms with E-state index in [1.165, 1.54) is 12.1 Å². The van der Waals surface area contributed by atoms with E-state index in [-0.39, 0.29) is 18.3 Å². The van der Waals surface area contributed by atoms with Crippen LogP contribution in [0.4, 0.5) is 0 Å². The van der Waals surface area contributed by atoms with Crippen LogP contribution in [0, 0.1) is 6.92 Å². The summed E-state index contributed by atoms with van der Waals surface area (Å²) in [6.45, 7) is 3.57. The Morgan fingerprint density at radius 1 is 1.40 bits per heavy atom. The molecule has 5 heteroatoms. The van der Waals surface area contributed by atoms with Crippen LogP contribution in [0.1, 0.15) is 30.9 Å². The molecule has 2 aromatic rings. The van der Waals surface area contributed by atoms with E-state index >= 15 is 0 Å². The lowest BCUT2D eigenvalue weighted by atomic mass is 10.1. The van der Waals surface area contributed by atoms with Gasteiger partial charge >= 0.3 is 11.6 Å². The monoisotopic (exact) mass is 276 g/mol. The predicted molar refractivity (Wildman–Crippen MR) is 73.6 cm³/mol. The molecule has 1 aromatic carbocycles. The van der Waals surface area contributed by atoms with Gasteiger partial charge in [-0.05, 0) is 25.5 Å². The van der Waals surface area contributed by atoms with E-state index in [2.05, 4.69) is 0 Å². The Labute approximate surface area is 115 Å². The molecule has 5 nitrogen and oxygen atoms in total. The van der Waals surface area contributed by atoms with Gasteiger partial charge in [0.05, 0.1) is 0 Å². The van der Waals surface area contributed by atoms with Crippen LogP contribution in [0.15, 0.2) is 27.4 Å². The van der Waals surface area contributed by atoms with Gasteiger partial charge < -0.3 is 14.3 Å². The summed E-state index contributed by atoms with van der Waals surface area (Å²) in [7, 11) is 0. The van der Waals surface area contributed by atoms with Gasteiger partial charge in [0.25, 0.3) is 0 Å². The minimum Gasteiger partial charge on any atom is -0.508 e. The SMILES string of the molecule is CCCC(=O)OCc1cc(=O)oc2c(C)c(O)ccc12. The molecule has 0 unspecified atom stereocenters. The summed E-state index contributed by atoms with van der Waals surface area (Å²) in [6.07, 6.45) is 1.06. The van der Waals surface area contributed by atoms with E-state index in [1.54, 1.807) is 13.0 Å². The van der Waals surface area contributed by atoms with Crippen LogP contribution in [0.25, 0.3) is 11.0 Å². The minimum atomic E-state index is -0.534. The van der Waals surface area contributed by atoms with Gasteiger partial charge in [0, 0.05) is 29.0 Å². The Balaban J connectivity index is 2.41. The van der Waals surface area contributed by atoms with Gasteiger partial charge in [-0.2, -0.15) is 0 Å². The summed E-state index contributed by atoms with van der Waals surface area (Å²) in [5.41, 5.74) is 0.844. The van der Waals surface area contributed by atoms with E-state index in [0.29, 0.717) is 34.9 Å². The number of ether oxygens (including phenoxy) is 1. The number of benzene rings is 1. The molecular formula is C15H16O5. The van der Waals surface area contributed by atoms with E-state index < -0.39 is 5.63 Å². The van der Waals surface area contributed by atoms with Crippen molar-refractivity contribution in [2.24, 2.45) is 0 Å². The fourth-order valence-corrected chi connectivity index (χ4v) is 1.97. The first-order valence-corrected chi connectivity index (χ1v) is 6.44. The molecule has 0 fully saturated rings. The number of carbonyl (C=O) groups excluding carboxylic acids is 1. The average Bonchev–Trinajstić information content (AvgIpc) is 2.41. The molecule has 106 valence electrons. The number of aryl methyl sites for hydroxylation is 1. The van der Waals surface area contributed by atoms with Crippen molar-refractivity contribution in [2.75, 3.05) is 0 Å². The molecule has 0 aliphatic carbocycles. The molecule has 0 saturated heterocycles. The van der Waals surface area contributed by atoms with Gasteiger partial charge in [0.1, 0.15) is 17.9 Å². The zero-order chi connectivity index (χ0) is 14.7. The van der Waals surface area contributed by atoms with Crippen molar-refractivity contribution in [1.82, 2.24) is 0 Å². The van der Waals surface area contributed by atoms with Gasteiger partial charge in [-0.15, -0.1) is 0 Å². The van der Waals surface area contributed by atoms with Crippen LogP contribution in [0.3, 0.4) is 0 Å². The number of phenols is 1. The fraction of sp³-hybridized carbons (Fsp3) is 0.333. The first-order chi connectivity index (χ1) is 9.52. The molecule has 0 atom stereocenters. The number of esters is 1. The number of hydrogen-bond acceptors (Lipinski definition) is 5. The number of aromatic hydroxyl groups is 1. The van der Waals surface area contributed by atoms with Gasteiger partial charge in [0.15, 0.2) is 0 Å². The van der Waals surface area contributed by atoms with E-state index in [0.717, 1.165) is 0 Å². The number of rotatable bonds is 4. The quantitative estimate of drug-likeness (QED) is 0.686. The maximum Gasteiger partial charge on any atom is 0.336 e. The van der Waals surface area contributed by atoms with Crippen LogP contribution in [-0.4, -0.2) is 11.1 Å². The summed E-state index contributed by atoms with van der Waals surface area (Å²) >= 11 is 0. The molecule has 0 aliphatic rings. The maximum atomic E-state index is 11.5. The number of carbonyl (C=O) groups is 1. The first-order valence-electron chi connectivity index (χ1n) is 6.44. The molecule has 0 radical (unpaired) electrons. The molecular weight excluding hydrogens is 260 g/mol. The molecule has 0 saturated carbocycles. The van der Waals surface area contributed by atoms with Crippen molar-refractivity contribution in [3.8, 4) is 5.75 Å². The summed E-state index contributed by atoms with van der Waals surface area (Å²) in [4.78, 5) is 22.9. The molecule has 0 bridgehead atoms. The zero-order valence-electron chi connectivity index (χ0n) is 11.4. The van der Waals surface area contributed by atoms with Crippen LogP contribution in [0.5, 0.6) is 5.75 Å². The molecule has 0 spiro atoms. The smallest absolute Gasteiger partial charge is 0.336 e. The van der Waals surface area contributed by atoms with Crippen LogP contribution in [0.2, 0.25) is 0 Å². The third-order valence-corrected chi connectivity index (χ3v) is 3.06. The second kappa shape index (κ2) is 5.77. The standard InChI is InChI=1S/C15H16O5/c1-3-4-13(17)19-8-10-7-14(18)20-15-9(2)12(16)6-5-11(10)15/h5-7,16H,3-4,8H2,1-2H3. The minimum absolute atomic E-state index is 0.0190. The van der Waals surface area contributed by atoms with Crippen molar-refractivity contribution in [3.63, 3.8) is 0 Å². The summed E-state index contributed by atoms with van der Waals surface area (Å²) < 4.78 is 10.2. The average molecular weight is 276 g/mol. The first kappa shape index (κ1) is 14.1. The summed E-state index contributed by atoms with van der Waals surface area (Å²) in [5.74, 6) is -0.245. The maximum absolute atomic E-state index is 11.5. The Morgan fingerprint density at radius 3 is 2.85 bits per heavy atom. The van der Waals surface area contributed by atoms with Crippen molar-refractivity contribution >= 4 is 16.9 Å². The van der Waals surface area contributed by atoms with E-state index in [4.69, 9.17) is 9.15 Å². The van der Waals surface area contributed by atoms with Gasteiger partial charge in [0.2, 0.25) is 0 Å². The molecule has 1 N–H and O–H groups in total. The zero-order valence-corrected chi connectivity index (χ0v) is 11.4. The lowest BCUT2D eigenvalue weighted by Crippen LogP contribution is -2.07. The highest BCUT2D eigenvalue weighted by Gasteiger charge is 2.12. The van der Waals surface area contributed by atoms with E-state index in [1.807, 2.05) is 6.92 Å². The highest BCUT2D eigenvalue weighted by Crippen LogP contribution is 2.27. The highest BCUT2D eigenvalue weighted by molar-refractivity contribution is 5.85. The Kier molecular flexibility index (Phi) is 4.08. The van der Waals surface area contributed by atoms with Crippen molar-refractivity contribution in [3.05, 3.63) is 39.7 Å². The summed E-state index contributed by atoms with van der Waals surface area (Å²) in [5, 5.41) is 10.3. The number of fused-ring (bicyclic) bond motifs is 1. The van der Waals surface area contributed by atoms with Crippen molar-refractivity contribution in [2.45, 2.75) is 33.3 Å². The molecule has 20 heavy (non-hydrogen) atoms.